The number of hydrogen-bond donors (Lipinski definition) is 1. The Morgan fingerprint density at radius 3 is 2.67 bits per heavy atom. The smallest absolute Gasteiger partial charge is 0.0701 e. The average Bonchev–Trinajstić information content (AvgIpc) is 2.57. The lowest BCUT2D eigenvalue weighted by molar-refractivity contribution is -0.00601. The third kappa shape index (κ3) is 3.05. The largest absolute Gasteiger partial charge is 0.390 e. The van der Waals surface area contributed by atoms with Gasteiger partial charge < -0.3 is 5.11 Å². The molecule has 0 amide bonds. The van der Waals surface area contributed by atoms with Crippen molar-refractivity contribution >= 4 is 27.3 Å². The van der Waals surface area contributed by atoms with E-state index in [0.717, 1.165) is 29.0 Å². The lowest BCUT2D eigenvalue weighted by atomic mass is 9.78. The van der Waals surface area contributed by atoms with Gasteiger partial charge in [-0.3, -0.25) is 0 Å². The van der Waals surface area contributed by atoms with Gasteiger partial charge in [0.1, 0.15) is 0 Å². The molecule has 1 fully saturated rings. The summed E-state index contributed by atoms with van der Waals surface area (Å²) in [6, 6.07) is 4.18. The van der Waals surface area contributed by atoms with Gasteiger partial charge >= 0.3 is 0 Å². The summed E-state index contributed by atoms with van der Waals surface area (Å²) >= 11 is 5.20. The zero-order valence-electron chi connectivity index (χ0n) is 9.00. The molecule has 0 bridgehead atoms. The summed E-state index contributed by atoms with van der Waals surface area (Å²) in [5.41, 5.74) is -0.434. The number of aliphatic hydroxyl groups is 1. The molecule has 15 heavy (non-hydrogen) atoms. The normalized spacial score (nSPS) is 31.8. The van der Waals surface area contributed by atoms with Gasteiger partial charge in [-0.1, -0.05) is 6.92 Å². The highest BCUT2D eigenvalue weighted by molar-refractivity contribution is 9.11. The molecule has 0 unspecified atom stereocenters. The molecular weight excluding hydrogens is 272 g/mol. The van der Waals surface area contributed by atoms with Gasteiger partial charge in [-0.2, -0.15) is 0 Å². The second-order valence-corrected chi connectivity index (χ2v) is 7.34. The standard InChI is InChI=1S/C12H17BrOS/c1-9-4-6-12(14,7-5-9)8-10-2-3-11(13)15-10/h2-3,9,14H,4-8H2,1H3. The highest BCUT2D eigenvalue weighted by Gasteiger charge is 2.32. The Kier molecular flexibility index (Phi) is 3.53. The summed E-state index contributed by atoms with van der Waals surface area (Å²) < 4.78 is 1.16. The van der Waals surface area contributed by atoms with Crippen molar-refractivity contribution in [3.8, 4) is 0 Å². The van der Waals surface area contributed by atoms with Crippen LogP contribution in [0, 0.1) is 5.92 Å². The molecule has 0 radical (unpaired) electrons. The fourth-order valence-electron chi connectivity index (χ4n) is 2.25. The number of rotatable bonds is 2. The molecule has 1 nitrogen and oxygen atoms in total. The Bertz CT molecular complexity index is 326. The molecule has 84 valence electrons. The van der Waals surface area contributed by atoms with E-state index in [-0.39, 0.29) is 0 Å². The van der Waals surface area contributed by atoms with E-state index in [4.69, 9.17) is 0 Å². The van der Waals surface area contributed by atoms with Crippen molar-refractivity contribution < 1.29 is 5.11 Å². The summed E-state index contributed by atoms with van der Waals surface area (Å²) in [6.07, 6.45) is 5.09. The lowest BCUT2D eigenvalue weighted by Crippen LogP contribution is -2.35. The summed E-state index contributed by atoms with van der Waals surface area (Å²) in [6.45, 7) is 2.28. The zero-order valence-corrected chi connectivity index (χ0v) is 11.4. The summed E-state index contributed by atoms with van der Waals surface area (Å²) in [5.74, 6) is 0.792. The Morgan fingerprint density at radius 2 is 2.13 bits per heavy atom. The fraction of sp³-hybridized carbons (Fsp3) is 0.667. The third-order valence-electron chi connectivity index (χ3n) is 3.34. The van der Waals surface area contributed by atoms with Gasteiger partial charge in [0.25, 0.3) is 0 Å². The SMILES string of the molecule is CC1CCC(O)(Cc2ccc(Br)s2)CC1. The van der Waals surface area contributed by atoms with Crippen LogP contribution in [0.1, 0.15) is 37.5 Å². The van der Waals surface area contributed by atoms with Gasteiger partial charge in [-0.15, -0.1) is 11.3 Å². The van der Waals surface area contributed by atoms with E-state index >= 15 is 0 Å². The van der Waals surface area contributed by atoms with Crippen molar-refractivity contribution in [3.05, 3.63) is 20.8 Å². The topological polar surface area (TPSA) is 20.2 Å². The van der Waals surface area contributed by atoms with E-state index in [2.05, 4.69) is 35.0 Å². The maximum Gasteiger partial charge on any atom is 0.0701 e. The van der Waals surface area contributed by atoms with Gasteiger partial charge in [0.15, 0.2) is 0 Å². The second kappa shape index (κ2) is 4.56. The van der Waals surface area contributed by atoms with Gasteiger partial charge in [-0.25, -0.2) is 0 Å². The van der Waals surface area contributed by atoms with Crippen LogP contribution in [0.3, 0.4) is 0 Å². The Balaban J connectivity index is 1.99. The maximum absolute atomic E-state index is 10.4. The van der Waals surface area contributed by atoms with Crippen LogP contribution in [0.5, 0.6) is 0 Å². The van der Waals surface area contributed by atoms with Crippen molar-refractivity contribution in [3.63, 3.8) is 0 Å². The number of hydrogen-bond acceptors (Lipinski definition) is 2. The van der Waals surface area contributed by atoms with E-state index in [1.54, 1.807) is 11.3 Å². The predicted octanol–water partition coefficient (Wildman–Crippen LogP) is 3.99. The highest BCUT2D eigenvalue weighted by atomic mass is 79.9. The van der Waals surface area contributed by atoms with E-state index in [0.29, 0.717) is 0 Å². The van der Waals surface area contributed by atoms with Gasteiger partial charge in [-0.05, 0) is 59.7 Å². The van der Waals surface area contributed by atoms with E-state index < -0.39 is 5.60 Å². The minimum atomic E-state index is -0.434. The zero-order chi connectivity index (χ0) is 10.9. The highest BCUT2D eigenvalue weighted by Crippen LogP contribution is 2.36. The van der Waals surface area contributed by atoms with Crippen molar-refractivity contribution in [2.75, 3.05) is 0 Å². The van der Waals surface area contributed by atoms with Crippen LogP contribution in [0.2, 0.25) is 0 Å². The molecule has 3 heteroatoms. The van der Waals surface area contributed by atoms with Gasteiger partial charge in [0.05, 0.1) is 9.39 Å². The molecule has 1 heterocycles. The quantitative estimate of drug-likeness (QED) is 0.872. The molecule has 1 aromatic rings. The third-order valence-corrected chi connectivity index (χ3v) is 4.96. The molecule has 1 aliphatic rings. The fourth-order valence-corrected chi connectivity index (χ4v) is 3.87. The van der Waals surface area contributed by atoms with E-state index in [1.807, 2.05) is 0 Å². The molecule has 0 saturated heterocycles. The first-order valence-corrected chi connectivity index (χ1v) is 7.15. The molecule has 1 aromatic heterocycles. The van der Waals surface area contributed by atoms with E-state index in [9.17, 15) is 5.11 Å². The molecule has 0 atom stereocenters. The number of thiophene rings is 1. The first kappa shape index (κ1) is 11.6. The molecular formula is C12H17BrOS. The maximum atomic E-state index is 10.4. The summed E-state index contributed by atoms with van der Waals surface area (Å²) in [7, 11) is 0. The summed E-state index contributed by atoms with van der Waals surface area (Å²) in [4.78, 5) is 1.29. The Hall–Kier alpha value is 0.140. The van der Waals surface area contributed by atoms with Gasteiger partial charge in [0.2, 0.25) is 0 Å². The predicted molar refractivity (Wildman–Crippen MR) is 68.3 cm³/mol. The molecule has 0 aromatic carbocycles. The van der Waals surface area contributed by atoms with Crippen LogP contribution in [-0.4, -0.2) is 10.7 Å². The first-order chi connectivity index (χ1) is 7.07. The average molecular weight is 289 g/mol. The minimum absolute atomic E-state index is 0.434. The Morgan fingerprint density at radius 1 is 1.47 bits per heavy atom. The molecule has 2 rings (SSSR count). The molecule has 1 saturated carbocycles. The Labute approximate surface area is 104 Å². The van der Waals surface area contributed by atoms with Crippen molar-refractivity contribution in [2.45, 2.75) is 44.6 Å². The van der Waals surface area contributed by atoms with Crippen LogP contribution in [-0.2, 0) is 6.42 Å². The van der Waals surface area contributed by atoms with E-state index in [1.165, 1.54) is 17.7 Å². The van der Waals surface area contributed by atoms with Crippen LogP contribution < -0.4 is 0 Å². The first-order valence-electron chi connectivity index (χ1n) is 5.54. The number of halogens is 1. The monoisotopic (exact) mass is 288 g/mol. The van der Waals surface area contributed by atoms with Crippen molar-refractivity contribution in [1.82, 2.24) is 0 Å². The van der Waals surface area contributed by atoms with Crippen molar-refractivity contribution in [2.24, 2.45) is 5.92 Å². The summed E-state index contributed by atoms with van der Waals surface area (Å²) in [5, 5.41) is 10.4. The van der Waals surface area contributed by atoms with Crippen LogP contribution in [0.25, 0.3) is 0 Å². The molecule has 0 spiro atoms. The van der Waals surface area contributed by atoms with Crippen molar-refractivity contribution in [1.29, 1.82) is 0 Å². The second-order valence-electron chi connectivity index (χ2n) is 4.79. The van der Waals surface area contributed by atoms with Crippen LogP contribution in [0.4, 0.5) is 0 Å². The lowest BCUT2D eigenvalue weighted by Gasteiger charge is -2.34. The van der Waals surface area contributed by atoms with Crippen LogP contribution in [0.15, 0.2) is 15.9 Å². The molecule has 1 aliphatic carbocycles. The van der Waals surface area contributed by atoms with Crippen LogP contribution >= 0.6 is 27.3 Å². The molecule has 1 N–H and O–H groups in total. The minimum Gasteiger partial charge on any atom is -0.390 e. The molecule has 0 aliphatic heterocycles. The van der Waals surface area contributed by atoms with Gasteiger partial charge in [0, 0.05) is 11.3 Å².